The van der Waals surface area contributed by atoms with Crippen LogP contribution in [0.25, 0.3) is 16.9 Å². The summed E-state index contributed by atoms with van der Waals surface area (Å²) in [6, 6.07) is 62.5. The number of hydrogen-bond acceptors (Lipinski definition) is 5. The summed E-state index contributed by atoms with van der Waals surface area (Å²) in [4.78, 5) is 8.93. The van der Waals surface area contributed by atoms with Gasteiger partial charge in [0.05, 0.1) is 28.7 Å². The number of anilines is 3. The second kappa shape index (κ2) is 13.7. The first-order chi connectivity index (χ1) is 24.8. The Morgan fingerprint density at radius 3 is 1.90 bits per heavy atom. The van der Waals surface area contributed by atoms with Crippen LogP contribution in [-0.4, -0.2) is 20.0 Å². The Morgan fingerprint density at radius 1 is 0.569 bits per heavy atom. The van der Waals surface area contributed by atoms with Gasteiger partial charge in [-0.05, 0) is 53.2 Å². The molecule has 0 atom stereocenters. The van der Waals surface area contributed by atoms with Gasteiger partial charge in [0.2, 0.25) is 0 Å². The van der Waals surface area contributed by atoms with Gasteiger partial charge in [-0.3, -0.25) is 4.98 Å². The van der Waals surface area contributed by atoms with Gasteiger partial charge in [0.25, 0.3) is 0 Å². The van der Waals surface area contributed by atoms with Gasteiger partial charge in [-0.1, -0.05) is 91.0 Å². The monoisotopic (exact) mass is 838 g/mol. The summed E-state index contributed by atoms with van der Waals surface area (Å²) < 4.78 is 6.50. The standard InChI is InChI=1S/C44H29N5O.Pt/c1-3-15-32(16-4-1)40-31-46-49(47-40)35-20-14-22-37(30-35)50-36-21-13-17-33(29-36)44(43-27-11-12-28-45-43)38-23-7-9-25-41(38)48(34-18-5-2-6-19-34)42-26-10-8-24-39(42)44;/h1-28,31H;/q-2;+2. The number of nitrogens with zero attached hydrogens (tertiary/aromatic N) is 5. The number of pyridine rings is 1. The molecule has 0 radical (unpaired) electrons. The third kappa shape index (κ3) is 5.64. The Hall–Kier alpha value is -6.10. The van der Waals surface area contributed by atoms with Crippen LogP contribution < -0.4 is 9.64 Å². The van der Waals surface area contributed by atoms with Crippen molar-refractivity contribution in [3.63, 3.8) is 0 Å². The van der Waals surface area contributed by atoms with Crippen molar-refractivity contribution in [1.29, 1.82) is 0 Å². The first kappa shape index (κ1) is 32.1. The first-order valence-corrected chi connectivity index (χ1v) is 16.5. The molecule has 8 aromatic rings. The maximum absolute atomic E-state index is 6.50. The van der Waals surface area contributed by atoms with E-state index in [0.29, 0.717) is 17.2 Å². The van der Waals surface area contributed by atoms with Crippen molar-refractivity contribution in [2.24, 2.45) is 0 Å². The molecule has 246 valence electrons. The van der Waals surface area contributed by atoms with Crippen molar-refractivity contribution in [3.8, 4) is 28.4 Å². The van der Waals surface area contributed by atoms with E-state index in [-0.39, 0.29) is 21.1 Å². The van der Waals surface area contributed by atoms with Gasteiger partial charge < -0.3 is 9.64 Å². The fourth-order valence-corrected chi connectivity index (χ4v) is 6.97. The van der Waals surface area contributed by atoms with Crippen LogP contribution in [0.5, 0.6) is 11.5 Å². The summed E-state index contributed by atoms with van der Waals surface area (Å²) in [5, 5.41) is 9.19. The van der Waals surface area contributed by atoms with Crippen molar-refractivity contribution in [2.75, 3.05) is 4.90 Å². The molecule has 0 saturated heterocycles. The Bertz CT molecular complexity index is 2380. The predicted molar refractivity (Wildman–Crippen MR) is 195 cm³/mol. The van der Waals surface area contributed by atoms with E-state index in [2.05, 4.69) is 112 Å². The Kier molecular flexibility index (Phi) is 8.60. The second-order valence-electron chi connectivity index (χ2n) is 12.0. The molecule has 6 aromatic carbocycles. The van der Waals surface area contributed by atoms with Gasteiger partial charge in [0.1, 0.15) is 5.69 Å². The molecule has 7 heteroatoms. The van der Waals surface area contributed by atoms with E-state index >= 15 is 0 Å². The number of hydrogen-bond donors (Lipinski definition) is 0. The van der Waals surface area contributed by atoms with E-state index in [0.717, 1.165) is 50.7 Å². The topological polar surface area (TPSA) is 56.1 Å². The van der Waals surface area contributed by atoms with Crippen LogP contribution in [0.15, 0.2) is 176 Å². The molecule has 3 heterocycles. The molecule has 2 aromatic heterocycles. The molecule has 0 amide bonds. The SMILES string of the molecule is [Pt+2].[c-]1c(Oc2[c-]c(C3(c4ccccn4)c4ccccc4N(c4ccccc4)c4ccccc43)ccc2)cccc1-n1ncc(-c2ccccc2)n1. The fourth-order valence-electron chi connectivity index (χ4n) is 6.97. The fraction of sp³-hybridized carbons (Fsp3) is 0.0227. The number of aromatic nitrogens is 4. The molecule has 0 spiro atoms. The van der Waals surface area contributed by atoms with Crippen LogP contribution in [0.4, 0.5) is 17.1 Å². The van der Waals surface area contributed by atoms with Gasteiger partial charge in [-0.15, -0.1) is 35.9 Å². The molecule has 0 fully saturated rings. The van der Waals surface area contributed by atoms with Crippen molar-refractivity contribution in [1.82, 2.24) is 20.0 Å². The molecule has 0 N–H and O–H groups in total. The van der Waals surface area contributed by atoms with E-state index in [1.807, 2.05) is 85.1 Å². The van der Waals surface area contributed by atoms with Gasteiger partial charge >= 0.3 is 21.1 Å². The van der Waals surface area contributed by atoms with Crippen LogP contribution >= 0.6 is 0 Å². The molecule has 1 aliphatic rings. The minimum absolute atomic E-state index is 0. The van der Waals surface area contributed by atoms with Gasteiger partial charge in [-0.2, -0.15) is 33.2 Å². The average Bonchev–Trinajstić information content (AvgIpc) is 3.69. The quantitative estimate of drug-likeness (QED) is 0.150. The summed E-state index contributed by atoms with van der Waals surface area (Å²) in [6.45, 7) is 0. The minimum atomic E-state index is -0.794. The number of benzene rings is 6. The molecule has 1 aliphatic heterocycles. The summed E-state index contributed by atoms with van der Waals surface area (Å²) in [5.74, 6) is 1.09. The molecule has 0 bridgehead atoms. The van der Waals surface area contributed by atoms with Crippen LogP contribution in [0.2, 0.25) is 0 Å². The zero-order valence-corrected chi connectivity index (χ0v) is 29.5. The third-order valence-electron chi connectivity index (χ3n) is 9.08. The summed E-state index contributed by atoms with van der Waals surface area (Å²) in [7, 11) is 0. The average molecular weight is 839 g/mol. The van der Waals surface area contributed by atoms with Crippen LogP contribution in [0.1, 0.15) is 22.4 Å². The Balaban J connectivity index is 0.00000374. The van der Waals surface area contributed by atoms with Crippen molar-refractivity contribution < 1.29 is 25.8 Å². The predicted octanol–water partition coefficient (Wildman–Crippen LogP) is 9.89. The molecule has 51 heavy (non-hydrogen) atoms. The molecule has 9 rings (SSSR count). The molecular weight excluding hydrogens is 810 g/mol. The van der Waals surface area contributed by atoms with Crippen molar-refractivity contribution >= 4 is 17.1 Å². The van der Waals surface area contributed by atoms with Gasteiger partial charge in [0.15, 0.2) is 0 Å². The summed E-state index contributed by atoms with van der Waals surface area (Å²) in [5.41, 5.74) is 8.90. The van der Waals surface area contributed by atoms with E-state index in [4.69, 9.17) is 9.72 Å². The van der Waals surface area contributed by atoms with E-state index in [1.54, 1.807) is 11.0 Å². The Labute approximate surface area is 310 Å². The number of para-hydroxylation sites is 3. The number of rotatable bonds is 7. The van der Waals surface area contributed by atoms with E-state index in [1.165, 1.54) is 0 Å². The zero-order valence-electron chi connectivity index (χ0n) is 27.2. The summed E-state index contributed by atoms with van der Waals surface area (Å²) >= 11 is 0. The van der Waals surface area contributed by atoms with Crippen LogP contribution in [0.3, 0.4) is 0 Å². The maximum Gasteiger partial charge on any atom is 2.00 e. The maximum atomic E-state index is 6.50. The van der Waals surface area contributed by atoms with Crippen molar-refractivity contribution in [2.45, 2.75) is 5.41 Å². The molecule has 6 nitrogen and oxygen atoms in total. The molecular formula is C44H29N5OPt. The second-order valence-corrected chi connectivity index (χ2v) is 12.0. The number of ether oxygens (including phenoxy) is 1. The van der Waals surface area contributed by atoms with Gasteiger partial charge in [0, 0.05) is 28.9 Å². The minimum Gasteiger partial charge on any atom is -0.509 e. The third-order valence-corrected chi connectivity index (χ3v) is 9.08. The molecule has 0 saturated carbocycles. The van der Waals surface area contributed by atoms with E-state index in [9.17, 15) is 0 Å². The molecule has 0 aliphatic carbocycles. The van der Waals surface area contributed by atoms with Crippen molar-refractivity contribution in [3.05, 3.63) is 211 Å². The first-order valence-electron chi connectivity index (χ1n) is 16.5. The summed E-state index contributed by atoms with van der Waals surface area (Å²) in [6.07, 6.45) is 3.61. The zero-order chi connectivity index (χ0) is 33.3. The van der Waals surface area contributed by atoms with Crippen LogP contribution in [-0.2, 0) is 26.5 Å². The van der Waals surface area contributed by atoms with E-state index < -0.39 is 5.41 Å². The number of fused-ring (bicyclic) bond motifs is 2. The Morgan fingerprint density at radius 2 is 1.20 bits per heavy atom. The molecule has 0 unspecified atom stereocenters. The normalized spacial score (nSPS) is 12.7. The van der Waals surface area contributed by atoms with Gasteiger partial charge in [-0.25, -0.2) is 0 Å². The van der Waals surface area contributed by atoms with Crippen LogP contribution in [0, 0.1) is 12.1 Å². The smallest absolute Gasteiger partial charge is 0.509 e. The largest absolute Gasteiger partial charge is 2.00 e.